The normalized spacial score (nSPS) is 16.3. The summed E-state index contributed by atoms with van der Waals surface area (Å²) in [5.41, 5.74) is 0.126. The quantitative estimate of drug-likeness (QED) is 0.830. The highest BCUT2D eigenvalue weighted by molar-refractivity contribution is 7.71. The molecule has 0 saturated heterocycles. The van der Waals surface area contributed by atoms with Crippen LogP contribution in [0.2, 0.25) is 0 Å². The standard InChI is InChI=1S/C19H16F2O4S/c1-19(2)18(22)16(13-7-14(20)9-15(21)8-13)17(25-19)12-5-3-11(4-6-12)10-26(23)24/h3-9,26H,10H2,1-2H3. The molecule has 0 aliphatic carbocycles. The van der Waals surface area contributed by atoms with E-state index < -0.39 is 27.9 Å². The molecule has 2 aromatic carbocycles. The molecule has 4 nitrogen and oxygen atoms in total. The highest BCUT2D eigenvalue weighted by Gasteiger charge is 2.43. The van der Waals surface area contributed by atoms with Crippen molar-refractivity contribution in [1.82, 2.24) is 0 Å². The van der Waals surface area contributed by atoms with E-state index in [2.05, 4.69) is 0 Å². The third kappa shape index (κ3) is 3.53. The molecule has 3 rings (SSSR count). The van der Waals surface area contributed by atoms with Crippen molar-refractivity contribution >= 4 is 27.8 Å². The van der Waals surface area contributed by atoms with Gasteiger partial charge in [0.1, 0.15) is 28.1 Å². The molecule has 7 heteroatoms. The van der Waals surface area contributed by atoms with Crippen molar-refractivity contribution < 1.29 is 26.7 Å². The molecule has 0 aromatic heterocycles. The lowest BCUT2D eigenvalue weighted by atomic mass is 9.92. The number of carbonyl (C=O) groups is 1. The maximum atomic E-state index is 13.6. The largest absolute Gasteiger partial charge is 0.478 e. The van der Waals surface area contributed by atoms with Crippen LogP contribution in [-0.2, 0) is 26.0 Å². The van der Waals surface area contributed by atoms with E-state index in [1.54, 1.807) is 38.1 Å². The zero-order valence-electron chi connectivity index (χ0n) is 14.1. The summed E-state index contributed by atoms with van der Waals surface area (Å²) in [4.78, 5) is 12.7. The van der Waals surface area contributed by atoms with E-state index in [1.165, 1.54) is 0 Å². The van der Waals surface area contributed by atoms with Gasteiger partial charge in [-0.3, -0.25) is 4.79 Å². The lowest BCUT2D eigenvalue weighted by molar-refractivity contribution is -0.125. The highest BCUT2D eigenvalue weighted by Crippen LogP contribution is 2.41. The molecule has 0 saturated carbocycles. The number of Topliss-reactive ketones (excluding diaryl/α,β-unsaturated/α-hetero) is 1. The Morgan fingerprint density at radius 1 is 0.962 bits per heavy atom. The summed E-state index contributed by atoms with van der Waals surface area (Å²) in [5.74, 6) is -1.85. The molecule has 0 spiro atoms. The number of halogens is 2. The van der Waals surface area contributed by atoms with Gasteiger partial charge in [-0.05, 0) is 37.1 Å². The van der Waals surface area contributed by atoms with E-state index in [1.807, 2.05) is 0 Å². The van der Waals surface area contributed by atoms with Gasteiger partial charge < -0.3 is 4.74 Å². The van der Waals surface area contributed by atoms with Crippen LogP contribution >= 0.6 is 0 Å². The van der Waals surface area contributed by atoms with Crippen LogP contribution in [0, 0.1) is 11.6 Å². The Kier molecular flexibility index (Phi) is 4.66. The maximum Gasteiger partial charge on any atom is 0.210 e. The topological polar surface area (TPSA) is 60.4 Å². The molecule has 0 N–H and O–H groups in total. The fourth-order valence-electron chi connectivity index (χ4n) is 2.83. The third-order valence-corrected chi connectivity index (χ3v) is 4.66. The number of hydrogen-bond acceptors (Lipinski definition) is 4. The molecular formula is C19H16F2O4S. The number of thiol groups is 1. The fraction of sp³-hybridized carbons (Fsp3) is 0.211. The van der Waals surface area contributed by atoms with Gasteiger partial charge >= 0.3 is 0 Å². The second-order valence-electron chi connectivity index (χ2n) is 6.49. The van der Waals surface area contributed by atoms with Gasteiger partial charge in [0.25, 0.3) is 0 Å². The predicted octanol–water partition coefficient (Wildman–Crippen LogP) is 3.32. The number of ether oxygens (including phenoxy) is 1. The smallest absolute Gasteiger partial charge is 0.210 e. The Balaban J connectivity index is 2.13. The van der Waals surface area contributed by atoms with Gasteiger partial charge in [-0.25, -0.2) is 17.2 Å². The van der Waals surface area contributed by atoms with Gasteiger partial charge in [0, 0.05) is 11.6 Å². The number of ketones is 1. The van der Waals surface area contributed by atoms with Gasteiger partial charge in [0.15, 0.2) is 5.60 Å². The molecule has 1 aliphatic heterocycles. The first-order chi connectivity index (χ1) is 12.2. The molecular weight excluding hydrogens is 362 g/mol. The number of benzene rings is 2. The summed E-state index contributed by atoms with van der Waals surface area (Å²) in [5, 5.41) is 0. The zero-order chi connectivity index (χ0) is 19.1. The molecule has 1 heterocycles. The van der Waals surface area contributed by atoms with Gasteiger partial charge in [-0.2, -0.15) is 0 Å². The van der Waals surface area contributed by atoms with E-state index >= 15 is 0 Å². The Hall–Kier alpha value is -2.54. The first-order valence-corrected chi connectivity index (χ1v) is 9.19. The average Bonchev–Trinajstić information content (AvgIpc) is 2.77. The van der Waals surface area contributed by atoms with E-state index in [-0.39, 0.29) is 28.4 Å². The van der Waals surface area contributed by atoms with E-state index in [4.69, 9.17) is 4.74 Å². The Morgan fingerprint density at radius 2 is 1.54 bits per heavy atom. The molecule has 0 radical (unpaired) electrons. The van der Waals surface area contributed by atoms with Crippen LogP contribution in [0.1, 0.15) is 30.5 Å². The minimum absolute atomic E-state index is 0.0936. The first kappa shape index (κ1) is 18.3. The number of rotatable bonds is 4. The van der Waals surface area contributed by atoms with Gasteiger partial charge in [0.2, 0.25) is 5.78 Å². The third-order valence-electron chi connectivity index (χ3n) is 4.04. The summed E-state index contributed by atoms with van der Waals surface area (Å²) in [6.07, 6.45) is 0. The monoisotopic (exact) mass is 378 g/mol. The Morgan fingerprint density at radius 3 is 2.08 bits per heavy atom. The lowest BCUT2D eigenvalue weighted by Crippen LogP contribution is -2.29. The second kappa shape index (κ2) is 6.64. The van der Waals surface area contributed by atoms with E-state index in [0.717, 1.165) is 18.2 Å². The molecule has 0 unspecified atom stereocenters. The van der Waals surface area contributed by atoms with Crippen LogP contribution in [0.25, 0.3) is 11.3 Å². The summed E-state index contributed by atoms with van der Waals surface area (Å²) < 4.78 is 54.7. The van der Waals surface area contributed by atoms with Crippen molar-refractivity contribution in [2.24, 2.45) is 0 Å². The van der Waals surface area contributed by atoms with Crippen molar-refractivity contribution in [3.05, 3.63) is 70.8 Å². The SMILES string of the molecule is CC1(C)OC(c2ccc(C[SH](=O)=O)cc2)=C(c2cc(F)cc(F)c2)C1=O. The van der Waals surface area contributed by atoms with Crippen LogP contribution in [0.5, 0.6) is 0 Å². The summed E-state index contributed by atoms with van der Waals surface area (Å²) in [6.45, 7) is 3.16. The maximum absolute atomic E-state index is 13.6. The molecule has 136 valence electrons. The van der Waals surface area contributed by atoms with Crippen molar-refractivity contribution in [2.45, 2.75) is 25.2 Å². The van der Waals surface area contributed by atoms with Crippen LogP contribution in [0.3, 0.4) is 0 Å². The average molecular weight is 378 g/mol. The Bertz CT molecular complexity index is 961. The minimum atomic E-state index is -2.55. The zero-order valence-corrected chi connectivity index (χ0v) is 15.0. The molecule has 1 aliphatic rings. The van der Waals surface area contributed by atoms with Crippen molar-refractivity contribution in [3.63, 3.8) is 0 Å². The van der Waals surface area contributed by atoms with Crippen LogP contribution in [0.15, 0.2) is 42.5 Å². The van der Waals surface area contributed by atoms with E-state index in [9.17, 15) is 22.0 Å². The summed E-state index contributed by atoms with van der Waals surface area (Å²) in [6, 6.07) is 9.34. The van der Waals surface area contributed by atoms with Crippen LogP contribution in [-0.4, -0.2) is 19.8 Å². The summed E-state index contributed by atoms with van der Waals surface area (Å²) >= 11 is 0. The van der Waals surface area contributed by atoms with Gasteiger partial charge in [-0.1, -0.05) is 24.3 Å². The molecule has 26 heavy (non-hydrogen) atoms. The highest BCUT2D eigenvalue weighted by atomic mass is 32.2. The lowest BCUT2D eigenvalue weighted by Gasteiger charge is -2.17. The number of carbonyl (C=O) groups excluding carboxylic acids is 1. The molecule has 0 amide bonds. The molecule has 0 fully saturated rings. The minimum Gasteiger partial charge on any atom is -0.478 e. The van der Waals surface area contributed by atoms with Crippen LogP contribution < -0.4 is 0 Å². The predicted molar refractivity (Wildman–Crippen MR) is 93.8 cm³/mol. The second-order valence-corrected chi connectivity index (χ2v) is 7.47. The first-order valence-electron chi connectivity index (χ1n) is 7.83. The van der Waals surface area contributed by atoms with Crippen molar-refractivity contribution in [2.75, 3.05) is 0 Å². The molecule has 0 atom stereocenters. The van der Waals surface area contributed by atoms with Crippen LogP contribution in [0.4, 0.5) is 8.78 Å². The van der Waals surface area contributed by atoms with Gasteiger partial charge in [0.05, 0.1) is 11.3 Å². The molecule has 2 aromatic rings. The number of hydrogen-bond donors (Lipinski definition) is 1. The fourth-order valence-corrected chi connectivity index (χ4v) is 3.34. The van der Waals surface area contributed by atoms with E-state index in [0.29, 0.717) is 11.1 Å². The Labute approximate surface area is 151 Å². The van der Waals surface area contributed by atoms with Crippen molar-refractivity contribution in [3.8, 4) is 0 Å². The van der Waals surface area contributed by atoms with Crippen molar-refractivity contribution in [1.29, 1.82) is 0 Å². The summed E-state index contributed by atoms with van der Waals surface area (Å²) in [7, 11) is -2.55. The molecule has 0 bridgehead atoms. The van der Waals surface area contributed by atoms with Gasteiger partial charge in [-0.15, -0.1) is 0 Å².